The van der Waals surface area contributed by atoms with Crippen molar-refractivity contribution in [2.45, 2.75) is 71.9 Å². The second-order valence-corrected chi connectivity index (χ2v) is 8.20. The summed E-state index contributed by atoms with van der Waals surface area (Å²) in [7, 11) is 0. The molecule has 0 bridgehead atoms. The van der Waals surface area contributed by atoms with E-state index < -0.39 is 5.60 Å². The van der Waals surface area contributed by atoms with Crippen LogP contribution in [0, 0.1) is 11.3 Å². The van der Waals surface area contributed by atoms with E-state index in [0.29, 0.717) is 18.5 Å². The van der Waals surface area contributed by atoms with Gasteiger partial charge < -0.3 is 20.5 Å². The number of ether oxygens (including phenoxy) is 1. The minimum atomic E-state index is -0.453. The monoisotopic (exact) mass is 314 g/mol. The molecule has 3 N–H and O–H groups in total. The lowest BCUT2D eigenvalue weighted by Gasteiger charge is -2.29. The van der Waals surface area contributed by atoms with E-state index in [4.69, 9.17) is 9.84 Å². The molecule has 0 saturated heterocycles. The summed E-state index contributed by atoms with van der Waals surface area (Å²) >= 11 is 0. The summed E-state index contributed by atoms with van der Waals surface area (Å²) in [6.45, 7) is 11.7. The van der Waals surface area contributed by atoms with E-state index in [-0.39, 0.29) is 18.1 Å². The Morgan fingerprint density at radius 2 is 1.91 bits per heavy atom. The zero-order valence-corrected chi connectivity index (χ0v) is 14.9. The summed E-state index contributed by atoms with van der Waals surface area (Å²) in [6, 6.07) is 0.438. The summed E-state index contributed by atoms with van der Waals surface area (Å²) < 4.78 is 5.28. The van der Waals surface area contributed by atoms with Gasteiger partial charge in [0.2, 0.25) is 0 Å². The fourth-order valence-electron chi connectivity index (χ4n) is 2.88. The van der Waals surface area contributed by atoms with Crippen molar-refractivity contribution in [2.75, 3.05) is 19.7 Å². The van der Waals surface area contributed by atoms with Gasteiger partial charge in [-0.15, -0.1) is 0 Å². The van der Waals surface area contributed by atoms with Crippen LogP contribution in [0.1, 0.15) is 60.3 Å². The second kappa shape index (κ2) is 8.16. The van der Waals surface area contributed by atoms with Crippen molar-refractivity contribution in [2.24, 2.45) is 11.3 Å². The molecule has 2 unspecified atom stereocenters. The Balaban J connectivity index is 2.36. The summed E-state index contributed by atoms with van der Waals surface area (Å²) in [5, 5.41) is 15.6. The van der Waals surface area contributed by atoms with E-state index in [9.17, 15) is 4.79 Å². The first-order valence-corrected chi connectivity index (χ1v) is 8.44. The van der Waals surface area contributed by atoms with Gasteiger partial charge >= 0.3 is 6.09 Å². The van der Waals surface area contributed by atoms with Gasteiger partial charge in [-0.25, -0.2) is 4.79 Å². The van der Waals surface area contributed by atoms with E-state index in [0.717, 1.165) is 25.8 Å². The summed E-state index contributed by atoms with van der Waals surface area (Å²) in [6.07, 6.45) is 3.94. The maximum atomic E-state index is 11.7. The van der Waals surface area contributed by atoms with Crippen molar-refractivity contribution in [1.82, 2.24) is 10.6 Å². The van der Waals surface area contributed by atoms with Gasteiger partial charge in [-0.2, -0.15) is 0 Å². The highest BCUT2D eigenvalue weighted by Crippen LogP contribution is 2.27. The highest BCUT2D eigenvalue weighted by Gasteiger charge is 2.29. The van der Waals surface area contributed by atoms with E-state index >= 15 is 0 Å². The second-order valence-electron chi connectivity index (χ2n) is 8.20. The van der Waals surface area contributed by atoms with Crippen molar-refractivity contribution in [3.8, 4) is 0 Å². The number of alkyl carbamates (subject to hydrolysis) is 1. The molecule has 1 aliphatic rings. The van der Waals surface area contributed by atoms with Crippen LogP contribution in [0.5, 0.6) is 0 Å². The molecular weight excluding hydrogens is 280 g/mol. The Bertz CT molecular complexity index is 350. The predicted molar refractivity (Wildman–Crippen MR) is 88.9 cm³/mol. The third-order valence-electron chi connectivity index (χ3n) is 4.20. The standard InChI is InChI=1S/C17H34N2O3/c1-16(2,3)22-15(21)18-11-13-7-6-8-14(13)19-12-17(4,5)9-10-20/h13-14,19-20H,6-12H2,1-5H3,(H,18,21). The Labute approximate surface area is 135 Å². The molecular formula is C17H34N2O3. The van der Waals surface area contributed by atoms with E-state index in [1.807, 2.05) is 20.8 Å². The van der Waals surface area contributed by atoms with Crippen LogP contribution in [0.3, 0.4) is 0 Å². The number of nitrogens with one attached hydrogen (secondary N) is 2. The highest BCUT2D eigenvalue weighted by atomic mass is 16.6. The average molecular weight is 314 g/mol. The third-order valence-corrected chi connectivity index (χ3v) is 4.20. The molecule has 1 saturated carbocycles. The fraction of sp³-hybridized carbons (Fsp3) is 0.941. The SMILES string of the molecule is CC(C)(CCO)CNC1CCCC1CNC(=O)OC(C)(C)C. The maximum absolute atomic E-state index is 11.7. The van der Waals surface area contributed by atoms with Crippen LogP contribution in [0.15, 0.2) is 0 Å². The molecule has 1 rings (SSSR count). The van der Waals surface area contributed by atoms with E-state index in [1.165, 1.54) is 6.42 Å². The van der Waals surface area contributed by atoms with Crippen molar-refractivity contribution in [3.63, 3.8) is 0 Å². The number of aliphatic hydroxyl groups excluding tert-OH is 1. The van der Waals surface area contributed by atoms with Crippen LogP contribution in [0.2, 0.25) is 0 Å². The Hall–Kier alpha value is -0.810. The van der Waals surface area contributed by atoms with Crippen molar-refractivity contribution in [1.29, 1.82) is 0 Å². The quantitative estimate of drug-likeness (QED) is 0.676. The Kier molecular flexibility index (Phi) is 7.13. The Morgan fingerprint density at radius 1 is 1.23 bits per heavy atom. The molecule has 0 aromatic heterocycles. The first-order chi connectivity index (χ1) is 10.1. The molecule has 5 nitrogen and oxygen atoms in total. The number of carbonyl (C=O) groups excluding carboxylic acids is 1. The lowest BCUT2D eigenvalue weighted by Crippen LogP contribution is -2.43. The first kappa shape index (κ1) is 19.2. The molecule has 0 aromatic rings. The molecule has 1 aliphatic carbocycles. The fourth-order valence-corrected chi connectivity index (χ4v) is 2.88. The average Bonchev–Trinajstić information content (AvgIpc) is 2.79. The van der Waals surface area contributed by atoms with Crippen LogP contribution in [-0.4, -0.2) is 42.5 Å². The van der Waals surface area contributed by atoms with E-state index in [2.05, 4.69) is 24.5 Å². The van der Waals surface area contributed by atoms with Gasteiger partial charge in [-0.05, 0) is 51.4 Å². The van der Waals surface area contributed by atoms with Gasteiger partial charge in [-0.1, -0.05) is 20.3 Å². The molecule has 0 heterocycles. The normalized spacial score (nSPS) is 22.6. The summed E-state index contributed by atoms with van der Waals surface area (Å²) in [5.41, 5.74) is -0.355. The lowest BCUT2D eigenvalue weighted by atomic mass is 9.89. The minimum absolute atomic E-state index is 0.0977. The largest absolute Gasteiger partial charge is 0.444 e. The molecule has 2 atom stereocenters. The van der Waals surface area contributed by atoms with Crippen LogP contribution in [0.4, 0.5) is 4.79 Å². The zero-order valence-electron chi connectivity index (χ0n) is 14.9. The maximum Gasteiger partial charge on any atom is 0.407 e. The van der Waals surface area contributed by atoms with Crippen molar-refractivity contribution in [3.05, 3.63) is 0 Å². The van der Waals surface area contributed by atoms with Crippen LogP contribution in [-0.2, 0) is 4.74 Å². The molecule has 5 heteroatoms. The number of carbonyl (C=O) groups is 1. The number of aliphatic hydroxyl groups is 1. The summed E-state index contributed by atoms with van der Waals surface area (Å²) in [5.74, 6) is 0.456. The molecule has 0 radical (unpaired) electrons. The smallest absolute Gasteiger partial charge is 0.407 e. The highest BCUT2D eigenvalue weighted by molar-refractivity contribution is 5.67. The van der Waals surface area contributed by atoms with Crippen molar-refractivity contribution < 1.29 is 14.6 Å². The molecule has 1 fully saturated rings. The van der Waals surface area contributed by atoms with Gasteiger partial charge in [0.05, 0.1) is 0 Å². The van der Waals surface area contributed by atoms with Crippen molar-refractivity contribution >= 4 is 6.09 Å². The topological polar surface area (TPSA) is 70.6 Å². The molecule has 22 heavy (non-hydrogen) atoms. The molecule has 1 amide bonds. The number of rotatable bonds is 7. The first-order valence-electron chi connectivity index (χ1n) is 8.44. The van der Waals surface area contributed by atoms with Crippen LogP contribution >= 0.6 is 0 Å². The summed E-state index contributed by atoms with van der Waals surface area (Å²) in [4.78, 5) is 11.7. The predicted octanol–water partition coefficient (Wildman–Crippen LogP) is 2.68. The van der Waals surface area contributed by atoms with Crippen LogP contribution < -0.4 is 10.6 Å². The molecule has 0 spiro atoms. The number of hydrogen-bond acceptors (Lipinski definition) is 4. The van der Waals surface area contributed by atoms with Crippen LogP contribution in [0.25, 0.3) is 0 Å². The lowest BCUT2D eigenvalue weighted by molar-refractivity contribution is 0.0516. The zero-order chi connectivity index (χ0) is 16.8. The number of amides is 1. The minimum Gasteiger partial charge on any atom is -0.444 e. The van der Waals surface area contributed by atoms with E-state index in [1.54, 1.807) is 0 Å². The molecule has 130 valence electrons. The van der Waals surface area contributed by atoms with Gasteiger partial charge in [0.25, 0.3) is 0 Å². The van der Waals surface area contributed by atoms with Gasteiger partial charge in [0.15, 0.2) is 0 Å². The number of hydrogen-bond donors (Lipinski definition) is 3. The van der Waals surface area contributed by atoms with Gasteiger partial charge in [0, 0.05) is 25.7 Å². The third kappa shape index (κ3) is 7.45. The van der Waals surface area contributed by atoms with Gasteiger partial charge in [-0.3, -0.25) is 0 Å². The van der Waals surface area contributed by atoms with Gasteiger partial charge in [0.1, 0.15) is 5.60 Å². The Morgan fingerprint density at radius 3 is 2.50 bits per heavy atom. The molecule has 0 aromatic carbocycles. The molecule has 0 aliphatic heterocycles.